The number of aromatic nitrogens is 2. The molecule has 1 fully saturated rings. The molecule has 152 valence electrons. The fourth-order valence-corrected chi connectivity index (χ4v) is 3.92. The molecule has 1 aliphatic rings. The molecule has 1 amide bonds. The molecular formula is C22H25ClN4O2. The molecule has 0 atom stereocenters. The van der Waals surface area contributed by atoms with Crippen molar-refractivity contribution in [2.75, 3.05) is 18.0 Å². The lowest BCUT2D eigenvalue weighted by molar-refractivity contribution is 0.0944. The first-order valence-corrected chi connectivity index (χ1v) is 10.4. The molecule has 0 radical (unpaired) electrons. The molecular weight excluding hydrogens is 388 g/mol. The lowest BCUT2D eigenvalue weighted by atomic mass is 10.1. The first kappa shape index (κ1) is 19.7. The van der Waals surface area contributed by atoms with E-state index in [4.69, 9.17) is 11.6 Å². The van der Waals surface area contributed by atoms with E-state index in [1.54, 1.807) is 22.7 Å². The number of carbonyl (C=O) groups excluding carboxylic acids is 1. The number of aliphatic hydroxyl groups is 1. The van der Waals surface area contributed by atoms with E-state index >= 15 is 0 Å². The van der Waals surface area contributed by atoms with Crippen LogP contribution in [0.25, 0.3) is 5.65 Å². The summed E-state index contributed by atoms with van der Waals surface area (Å²) >= 11 is 6.05. The highest BCUT2D eigenvalue weighted by Crippen LogP contribution is 2.21. The van der Waals surface area contributed by atoms with Gasteiger partial charge in [-0.05, 0) is 43.0 Å². The van der Waals surface area contributed by atoms with E-state index in [1.165, 1.54) is 0 Å². The van der Waals surface area contributed by atoms with Crippen molar-refractivity contribution in [2.24, 2.45) is 0 Å². The molecule has 6 nitrogen and oxygen atoms in total. The molecule has 2 aromatic heterocycles. The maximum absolute atomic E-state index is 12.9. The molecule has 7 heteroatoms. The first-order chi connectivity index (χ1) is 14.0. The van der Waals surface area contributed by atoms with Gasteiger partial charge >= 0.3 is 0 Å². The van der Waals surface area contributed by atoms with Gasteiger partial charge in [0.15, 0.2) is 0 Å². The predicted molar refractivity (Wildman–Crippen MR) is 115 cm³/mol. The van der Waals surface area contributed by atoms with Crippen molar-refractivity contribution in [3.8, 4) is 0 Å². The van der Waals surface area contributed by atoms with Gasteiger partial charge in [-0.15, -0.1) is 0 Å². The van der Waals surface area contributed by atoms with Gasteiger partial charge in [0.1, 0.15) is 11.3 Å². The maximum Gasteiger partial charge on any atom is 0.270 e. The van der Waals surface area contributed by atoms with Crippen LogP contribution in [-0.2, 0) is 13.0 Å². The molecule has 1 aromatic carbocycles. The number of hydrogen-bond acceptors (Lipinski definition) is 4. The molecule has 0 spiro atoms. The smallest absolute Gasteiger partial charge is 0.270 e. The van der Waals surface area contributed by atoms with Crippen LogP contribution in [0.5, 0.6) is 0 Å². The van der Waals surface area contributed by atoms with Crippen molar-refractivity contribution in [3.05, 3.63) is 64.6 Å². The van der Waals surface area contributed by atoms with Crippen LogP contribution >= 0.6 is 11.6 Å². The van der Waals surface area contributed by atoms with Gasteiger partial charge in [0.2, 0.25) is 0 Å². The van der Waals surface area contributed by atoms with Gasteiger partial charge in [0.05, 0.1) is 11.8 Å². The average molecular weight is 413 g/mol. The number of anilines is 1. The minimum Gasteiger partial charge on any atom is -0.393 e. The number of rotatable bonds is 5. The second kappa shape index (κ2) is 8.43. The van der Waals surface area contributed by atoms with Crippen LogP contribution in [0.3, 0.4) is 0 Å². The molecule has 0 aliphatic carbocycles. The highest BCUT2D eigenvalue weighted by atomic mass is 35.5. The number of amides is 1. The molecule has 1 aliphatic heterocycles. The lowest BCUT2D eigenvalue weighted by Gasteiger charge is -2.31. The van der Waals surface area contributed by atoms with Crippen LogP contribution < -0.4 is 10.2 Å². The van der Waals surface area contributed by atoms with Crippen molar-refractivity contribution in [1.82, 2.24) is 14.7 Å². The second-order valence-electron chi connectivity index (χ2n) is 7.40. The average Bonchev–Trinajstić information content (AvgIpc) is 3.10. The van der Waals surface area contributed by atoms with Crippen LogP contribution in [0, 0.1) is 0 Å². The predicted octanol–water partition coefficient (Wildman–Crippen LogP) is 3.44. The number of pyridine rings is 1. The number of hydrogen-bond donors (Lipinski definition) is 2. The fraction of sp³-hybridized carbons (Fsp3) is 0.364. The Morgan fingerprint density at radius 1 is 1.24 bits per heavy atom. The van der Waals surface area contributed by atoms with Crippen LogP contribution in [0.15, 0.2) is 42.6 Å². The zero-order valence-corrected chi connectivity index (χ0v) is 17.2. The van der Waals surface area contributed by atoms with E-state index in [2.05, 4.69) is 27.3 Å². The zero-order valence-electron chi connectivity index (χ0n) is 16.4. The van der Waals surface area contributed by atoms with Gasteiger partial charge < -0.3 is 15.3 Å². The third kappa shape index (κ3) is 4.23. The van der Waals surface area contributed by atoms with Crippen molar-refractivity contribution < 1.29 is 9.90 Å². The molecule has 2 N–H and O–H groups in total. The van der Waals surface area contributed by atoms with Crippen LogP contribution in [0.1, 0.15) is 41.5 Å². The van der Waals surface area contributed by atoms with Gasteiger partial charge in [-0.2, -0.15) is 0 Å². The van der Waals surface area contributed by atoms with E-state index in [1.807, 2.05) is 19.1 Å². The van der Waals surface area contributed by atoms with Crippen LogP contribution in [0.4, 0.5) is 5.69 Å². The summed E-state index contributed by atoms with van der Waals surface area (Å²) in [6.45, 7) is 4.17. The summed E-state index contributed by atoms with van der Waals surface area (Å²) in [7, 11) is 0. The molecule has 3 heterocycles. The number of nitrogens with one attached hydrogen (secondary N) is 1. The molecule has 3 aromatic rings. The van der Waals surface area contributed by atoms with Crippen LogP contribution in [0.2, 0.25) is 5.02 Å². The van der Waals surface area contributed by atoms with Crippen LogP contribution in [-0.4, -0.2) is 39.6 Å². The molecule has 0 unspecified atom stereocenters. The number of piperidine rings is 1. The maximum atomic E-state index is 12.9. The summed E-state index contributed by atoms with van der Waals surface area (Å²) in [5, 5.41) is 13.3. The number of aliphatic hydroxyl groups excluding tert-OH is 1. The van der Waals surface area contributed by atoms with Gasteiger partial charge in [0.25, 0.3) is 5.91 Å². The monoisotopic (exact) mass is 412 g/mol. The summed E-state index contributed by atoms with van der Waals surface area (Å²) in [5.74, 6) is -0.147. The number of halogens is 1. The van der Waals surface area contributed by atoms with E-state index in [0.29, 0.717) is 29.3 Å². The Hall–Kier alpha value is -2.57. The van der Waals surface area contributed by atoms with Gasteiger partial charge in [-0.1, -0.05) is 30.7 Å². The van der Waals surface area contributed by atoms with Crippen molar-refractivity contribution in [2.45, 2.75) is 38.8 Å². The largest absolute Gasteiger partial charge is 0.393 e. The summed E-state index contributed by atoms with van der Waals surface area (Å²) in [5.41, 5.74) is 4.18. The Morgan fingerprint density at radius 3 is 2.66 bits per heavy atom. The number of imidazole rings is 1. The van der Waals surface area contributed by atoms with Gasteiger partial charge in [-0.25, -0.2) is 4.98 Å². The van der Waals surface area contributed by atoms with Crippen molar-refractivity contribution in [1.29, 1.82) is 0 Å². The Kier molecular flexibility index (Phi) is 5.74. The molecule has 4 rings (SSSR count). The standard InChI is InChI=1S/C22H25ClN4O2/c1-2-19-21(27-12-7-16(23)13-20(27)25-19)22(29)24-14-15-3-5-17(6-4-15)26-10-8-18(28)9-11-26/h3-7,12-13,18,28H,2,8-11,14H2,1H3,(H,24,29). The normalized spacial score (nSPS) is 15.1. The number of carbonyl (C=O) groups is 1. The third-order valence-corrected chi connectivity index (χ3v) is 5.66. The molecule has 1 saturated heterocycles. The van der Waals surface area contributed by atoms with Crippen molar-refractivity contribution in [3.63, 3.8) is 0 Å². The van der Waals surface area contributed by atoms with Gasteiger partial charge in [-0.3, -0.25) is 9.20 Å². The fourth-order valence-electron chi connectivity index (χ4n) is 3.77. The number of benzene rings is 1. The topological polar surface area (TPSA) is 69.9 Å². The van der Waals surface area contributed by atoms with E-state index in [9.17, 15) is 9.90 Å². The Morgan fingerprint density at radius 2 is 1.97 bits per heavy atom. The van der Waals surface area contributed by atoms with Crippen molar-refractivity contribution >= 4 is 28.8 Å². The Balaban J connectivity index is 1.44. The highest BCUT2D eigenvalue weighted by Gasteiger charge is 2.19. The lowest BCUT2D eigenvalue weighted by Crippen LogP contribution is -2.35. The van der Waals surface area contributed by atoms with E-state index in [0.717, 1.165) is 42.9 Å². The molecule has 0 saturated carbocycles. The number of nitrogens with zero attached hydrogens (tertiary/aromatic N) is 3. The SMILES string of the molecule is CCc1nc2cc(Cl)ccn2c1C(=O)NCc1ccc(N2CCC(O)CC2)cc1. The minimum atomic E-state index is -0.176. The van der Waals surface area contributed by atoms with Gasteiger partial charge in [0, 0.05) is 42.6 Å². The minimum absolute atomic E-state index is 0.147. The molecule has 0 bridgehead atoms. The summed E-state index contributed by atoms with van der Waals surface area (Å²) in [6, 6.07) is 11.7. The highest BCUT2D eigenvalue weighted by molar-refractivity contribution is 6.30. The summed E-state index contributed by atoms with van der Waals surface area (Å²) in [6.07, 6.45) is 3.89. The molecule has 29 heavy (non-hydrogen) atoms. The Bertz CT molecular complexity index is 1010. The summed E-state index contributed by atoms with van der Waals surface area (Å²) < 4.78 is 1.79. The third-order valence-electron chi connectivity index (χ3n) is 5.43. The first-order valence-electron chi connectivity index (χ1n) is 10.0. The Labute approximate surface area is 175 Å². The zero-order chi connectivity index (χ0) is 20.4. The van der Waals surface area contributed by atoms with E-state index < -0.39 is 0 Å². The summed E-state index contributed by atoms with van der Waals surface area (Å²) in [4.78, 5) is 19.7. The number of fused-ring (bicyclic) bond motifs is 1. The number of aryl methyl sites for hydroxylation is 1. The second-order valence-corrected chi connectivity index (χ2v) is 7.84. The van der Waals surface area contributed by atoms with E-state index in [-0.39, 0.29) is 12.0 Å². The quantitative estimate of drug-likeness (QED) is 0.673.